The molecule has 1 aromatic carbocycles. The molecule has 1 aromatic rings. The Kier molecular flexibility index (Phi) is 7.78. The topological polar surface area (TPSA) is 9.23 Å². The van der Waals surface area contributed by atoms with E-state index < -0.39 is 0 Å². The molecule has 0 N–H and O–H groups in total. The van der Waals surface area contributed by atoms with Gasteiger partial charge in [-0.25, -0.2) is 0 Å². The Morgan fingerprint density at radius 2 is 2.00 bits per heavy atom. The van der Waals surface area contributed by atoms with Gasteiger partial charge in [-0.3, -0.25) is 0 Å². The third kappa shape index (κ3) is 4.38. The Balaban J connectivity index is 0.00000196. The summed E-state index contributed by atoms with van der Waals surface area (Å²) in [5.74, 6) is 1.49. The van der Waals surface area contributed by atoms with E-state index >= 15 is 0 Å². The molecule has 1 unspecified atom stereocenters. The molecule has 0 heterocycles. The van der Waals surface area contributed by atoms with E-state index in [9.17, 15) is 0 Å². The molecule has 2 heteroatoms. The van der Waals surface area contributed by atoms with Crippen LogP contribution in [0.2, 0.25) is 0 Å². The van der Waals surface area contributed by atoms with Crippen molar-refractivity contribution < 1.29 is 25.8 Å². The number of hydrogen-bond donors (Lipinski definition) is 0. The first-order valence-electron chi connectivity index (χ1n) is 5.30. The van der Waals surface area contributed by atoms with Crippen LogP contribution < -0.4 is 4.74 Å². The Morgan fingerprint density at radius 3 is 2.60 bits per heavy atom. The normalized spacial score (nSPS) is 11.7. The fraction of sp³-hybridized carbons (Fsp3) is 0.462. The maximum Gasteiger partial charge on any atom is 0.122 e. The van der Waals surface area contributed by atoms with Crippen LogP contribution in [0.3, 0.4) is 0 Å². The largest absolute Gasteiger partial charge is 0.493 e. The van der Waals surface area contributed by atoms with E-state index in [1.807, 2.05) is 12.1 Å². The van der Waals surface area contributed by atoms with Gasteiger partial charge in [-0.15, -0.1) is 0 Å². The van der Waals surface area contributed by atoms with Crippen molar-refractivity contribution in [2.24, 2.45) is 0 Å². The SMILES string of the molecule is [CH2-]CC(C)c1ccccc1OCCC.[W]. The zero-order chi connectivity index (χ0) is 10.4. The summed E-state index contributed by atoms with van der Waals surface area (Å²) in [6.07, 6.45) is 1.96. The third-order valence-corrected chi connectivity index (χ3v) is 2.34. The Bertz CT molecular complexity index is 273. The van der Waals surface area contributed by atoms with Gasteiger partial charge in [0.05, 0.1) is 6.61 Å². The van der Waals surface area contributed by atoms with Crippen LogP contribution in [0.15, 0.2) is 24.3 Å². The third-order valence-electron chi connectivity index (χ3n) is 2.34. The van der Waals surface area contributed by atoms with Crippen LogP contribution >= 0.6 is 0 Å². The van der Waals surface area contributed by atoms with Gasteiger partial charge in [0.15, 0.2) is 0 Å². The van der Waals surface area contributed by atoms with Gasteiger partial charge in [0.2, 0.25) is 0 Å². The van der Waals surface area contributed by atoms with Crippen LogP contribution in [0, 0.1) is 6.92 Å². The van der Waals surface area contributed by atoms with Gasteiger partial charge in [-0.1, -0.05) is 32.0 Å². The van der Waals surface area contributed by atoms with Gasteiger partial charge < -0.3 is 11.7 Å². The summed E-state index contributed by atoms with van der Waals surface area (Å²) in [4.78, 5) is 0. The molecule has 0 aromatic heterocycles. The van der Waals surface area contributed by atoms with Crippen LogP contribution in [0.1, 0.15) is 38.2 Å². The molecule has 0 amide bonds. The second kappa shape index (κ2) is 7.93. The first-order chi connectivity index (χ1) is 6.79. The second-order valence-electron chi connectivity index (χ2n) is 3.58. The fourth-order valence-corrected chi connectivity index (χ4v) is 1.39. The average Bonchev–Trinajstić information content (AvgIpc) is 2.25. The summed E-state index contributed by atoms with van der Waals surface area (Å²) in [6, 6.07) is 8.24. The molecule has 0 bridgehead atoms. The molecular formula is C13H19OW-. The van der Waals surface area contributed by atoms with Gasteiger partial charge in [-0.2, -0.15) is 6.42 Å². The van der Waals surface area contributed by atoms with Crippen molar-refractivity contribution in [3.8, 4) is 5.75 Å². The minimum absolute atomic E-state index is 0. The first kappa shape index (κ1) is 14.7. The molecule has 1 rings (SSSR count). The summed E-state index contributed by atoms with van der Waals surface area (Å²) in [7, 11) is 0. The van der Waals surface area contributed by atoms with Crippen molar-refractivity contribution in [2.75, 3.05) is 6.61 Å². The maximum atomic E-state index is 5.68. The van der Waals surface area contributed by atoms with E-state index in [4.69, 9.17) is 4.74 Å². The van der Waals surface area contributed by atoms with E-state index in [0.717, 1.165) is 25.2 Å². The molecule has 0 aliphatic rings. The fourth-order valence-electron chi connectivity index (χ4n) is 1.39. The molecular weight excluding hydrogens is 356 g/mol. The Hall–Kier alpha value is -0.292. The number of hydrogen-bond acceptors (Lipinski definition) is 1. The van der Waals surface area contributed by atoms with E-state index in [0.29, 0.717) is 5.92 Å². The molecule has 0 saturated carbocycles. The summed E-state index contributed by atoms with van der Waals surface area (Å²) in [5.41, 5.74) is 1.27. The van der Waals surface area contributed by atoms with Crippen molar-refractivity contribution in [1.29, 1.82) is 0 Å². The minimum atomic E-state index is 0. The van der Waals surface area contributed by atoms with Crippen LogP contribution in [-0.4, -0.2) is 6.61 Å². The number of benzene rings is 1. The molecule has 1 nitrogen and oxygen atoms in total. The molecule has 1 atom stereocenters. The zero-order valence-corrected chi connectivity index (χ0v) is 12.5. The van der Waals surface area contributed by atoms with Crippen LogP contribution in [0.5, 0.6) is 5.75 Å². The number of ether oxygens (including phenoxy) is 1. The van der Waals surface area contributed by atoms with Crippen molar-refractivity contribution >= 4 is 0 Å². The van der Waals surface area contributed by atoms with Crippen LogP contribution in [0.25, 0.3) is 0 Å². The molecule has 0 aliphatic heterocycles. The smallest absolute Gasteiger partial charge is 0.122 e. The van der Waals surface area contributed by atoms with Crippen molar-refractivity contribution in [3.63, 3.8) is 0 Å². The molecule has 0 radical (unpaired) electrons. The molecule has 0 saturated heterocycles. The number of rotatable bonds is 5. The first-order valence-corrected chi connectivity index (χ1v) is 5.30. The molecule has 0 aliphatic carbocycles. The van der Waals surface area contributed by atoms with E-state index in [1.165, 1.54) is 5.56 Å². The number of para-hydroxylation sites is 1. The maximum absolute atomic E-state index is 5.68. The predicted octanol–water partition coefficient (Wildman–Crippen LogP) is 3.80. The monoisotopic (exact) mass is 375 g/mol. The van der Waals surface area contributed by atoms with Crippen molar-refractivity contribution in [3.05, 3.63) is 36.8 Å². The predicted molar refractivity (Wildman–Crippen MR) is 60.6 cm³/mol. The Morgan fingerprint density at radius 1 is 1.33 bits per heavy atom. The zero-order valence-electron chi connectivity index (χ0n) is 9.53. The summed E-state index contributed by atoms with van der Waals surface area (Å²) < 4.78 is 5.68. The second-order valence-corrected chi connectivity index (χ2v) is 3.58. The Labute approximate surface area is 107 Å². The van der Waals surface area contributed by atoms with Crippen LogP contribution in [-0.2, 0) is 21.1 Å². The minimum Gasteiger partial charge on any atom is -0.493 e. The molecule has 0 fully saturated rings. The molecule has 84 valence electrons. The van der Waals surface area contributed by atoms with Crippen molar-refractivity contribution in [1.82, 2.24) is 0 Å². The van der Waals surface area contributed by atoms with Gasteiger partial charge in [-0.05, 0) is 24.0 Å². The van der Waals surface area contributed by atoms with Crippen molar-refractivity contribution in [2.45, 2.75) is 32.6 Å². The van der Waals surface area contributed by atoms with E-state index in [2.05, 4.69) is 32.9 Å². The summed E-state index contributed by atoms with van der Waals surface area (Å²) >= 11 is 0. The quantitative estimate of drug-likeness (QED) is 0.712. The van der Waals surface area contributed by atoms with Gasteiger partial charge in [0.25, 0.3) is 0 Å². The van der Waals surface area contributed by atoms with E-state index in [1.54, 1.807) is 0 Å². The van der Waals surface area contributed by atoms with Gasteiger partial charge >= 0.3 is 0 Å². The average molecular weight is 375 g/mol. The summed E-state index contributed by atoms with van der Waals surface area (Å²) in [6.45, 7) is 9.02. The van der Waals surface area contributed by atoms with Crippen LogP contribution in [0.4, 0.5) is 0 Å². The standard InChI is InChI=1S/C13H19O.W/c1-4-10-14-13-9-7-6-8-12(13)11(3)5-2;/h6-9,11H,2,4-5,10H2,1,3H3;/q-1;. The van der Waals surface area contributed by atoms with Gasteiger partial charge in [0, 0.05) is 21.1 Å². The summed E-state index contributed by atoms with van der Waals surface area (Å²) in [5, 5.41) is 0. The molecule has 15 heavy (non-hydrogen) atoms. The van der Waals surface area contributed by atoms with Gasteiger partial charge in [0.1, 0.15) is 5.75 Å². The van der Waals surface area contributed by atoms with E-state index in [-0.39, 0.29) is 21.1 Å². The molecule has 0 spiro atoms.